The van der Waals surface area contributed by atoms with E-state index in [0.29, 0.717) is 29.6 Å². The predicted octanol–water partition coefficient (Wildman–Crippen LogP) is 4.52. The number of rotatable bonds is 8. The first-order valence-corrected chi connectivity index (χ1v) is 9.66. The van der Waals surface area contributed by atoms with Gasteiger partial charge in [-0.05, 0) is 32.9 Å². The van der Waals surface area contributed by atoms with Crippen molar-refractivity contribution < 1.29 is 9.53 Å². The minimum absolute atomic E-state index is 0.0538. The van der Waals surface area contributed by atoms with Crippen molar-refractivity contribution in [2.75, 3.05) is 5.75 Å². The van der Waals surface area contributed by atoms with E-state index in [2.05, 4.69) is 32.7 Å². The van der Waals surface area contributed by atoms with Crippen molar-refractivity contribution in [1.29, 1.82) is 0 Å². The van der Waals surface area contributed by atoms with Crippen molar-refractivity contribution in [3.8, 4) is 0 Å². The predicted molar refractivity (Wildman–Crippen MR) is 104 cm³/mol. The van der Waals surface area contributed by atoms with Crippen LogP contribution in [0.4, 0.5) is 0 Å². The summed E-state index contributed by atoms with van der Waals surface area (Å²) in [6.45, 7) is 10.7. The SMILES string of the molecule is C=CCn1c(COC(C)(C)C)nnc1SCC(=O)c1ccc(Br)cc1. The fourth-order valence-corrected chi connectivity index (χ4v) is 3.10. The summed E-state index contributed by atoms with van der Waals surface area (Å²) in [7, 11) is 0. The molecule has 0 bridgehead atoms. The van der Waals surface area contributed by atoms with E-state index in [1.807, 2.05) is 49.6 Å². The van der Waals surface area contributed by atoms with E-state index in [0.717, 1.165) is 10.3 Å². The summed E-state index contributed by atoms with van der Waals surface area (Å²) >= 11 is 4.74. The van der Waals surface area contributed by atoms with Crippen LogP contribution in [0.2, 0.25) is 0 Å². The number of ketones is 1. The van der Waals surface area contributed by atoms with Gasteiger partial charge in [0.25, 0.3) is 0 Å². The summed E-state index contributed by atoms with van der Waals surface area (Å²) in [4.78, 5) is 12.3. The van der Waals surface area contributed by atoms with Gasteiger partial charge in [0.1, 0.15) is 6.61 Å². The molecule has 0 amide bonds. The molecule has 1 aromatic heterocycles. The third-order valence-electron chi connectivity index (χ3n) is 3.24. The van der Waals surface area contributed by atoms with E-state index in [-0.39, 0.29) is 11.4 Å². The second-order valence-corrected chi connectivity index (χ2v) is 8.28. The molecule has 2 aromatic rings. The van der Waals surface area contributed by atoms with E-state index in [1.54, 1.807) is 6.08 Å². The van der Waals surface area contributed by atoms with Crippen LogP contribution in [0.5, 0.6) is 0 Å². The van der Waals surface area contributed by atoms with Gasteiger partial charge in [-0.1, -0.05) is 45.9 Å². The number of carbonyl (C=O) groups is 1. The van der Waals surface area contributed by atoms with Crippen molar-refractivity contribution in [3.63, 3.8) is 0 Å². The van der Waals surface area contributed by atoms with Crippen molar-refractivity contribution in [1.82, 2.24) is 14.8 Å². The van der Waals surface area contributed by atoms with Crippen LogP contribution in [-0.4, -0.2) is 31.9 Å². The van der Waals surface area contributed by atoms with Crippen LogP contribution in [0.15, 0.2) is 46.5 Å². The Morgan fingerprint density at radius 3 is 2.60 bits per heavy atom. The highest BCUT2D eigenvalue weighted by Crippen LogP contribution is 2.21. The summed E-state index contributed by atoms with van der Waals surface area (Å²) in [5.41, 5.74) is 0.428. The van der Waals surface area contributed by atoms with E-state index in [4.69, 9.17) is 4.74 Å². The number of halogens is 1. The molecule has 1 aromatic carbocycles. The Morgan fingerprint density at radius 1 is 1.32 bits per heavy atom. The van der Waals surface area contributed by atoms with Gasteiger partial charge < -0.3 is 9.30 Å². The van der Waals surface area contributed by atoms with Crippen LogP contribution in [0, 0.1) is 0 Å². The lowest BCUT2D eigenvalue weighted by Crippen LogP contribution is -2.20. The molecule has 0 N–H and O–H groups in total. The molecule has 0 aliphatic carbocycles. The molecule has 0 saturated heterocycles. The average molecular weight is 424 g/mol. The van der Waals surface area contributed by atoms with Gasteiger partial charge in [0.2, 0.25) is 0 Å². The topological polar surface area (TPSA) is 57.0 Å². The molecule has 25 heavy (non-hydrogen) atoms. The lowest BCUT2D eigenvalue weighted by Gasteiger charge is -2.19. The molecular weight excluding hydrogens is 402 g/mol. The minimum Gasteiger partial charge on any atom is -0.368 e. The molecule has 0 spiro atoms. The second kappa shape index (κ2) is 8.78. The van der Waals surface area contributed by atoms with Crippen molar-refractivity contribution in [2.24, 2.45) is 0 Å². The van der Waals surface area contributed by atoms with Crippen LogP contribution in [0.3, 0.4) is 0 Å². The summed E-state index contributed by atoms with van der Waals surface area (Å²) in [6.07, 6.45) is 1.78. The zero-order chi connectivity index (χ0) is 18.4. The number of thioether (sulfide) groups is 1. The first kappa shape index (κ1) is 19.9. The molecule has 134 valence electrons. The number of Topliss-reactive ketones (excluding diaryl/α,β-unsaturated/α-hetero) is 1. The Balaban J connectivity index is 2.05. The number of benzene rings is 1. The molecular formula is C18H22BrN3O2S. The van der Waals surface area contributed by atoms with Gasteiger partial charge in [-0.25, -0.2) is 0 Å². The number of ether oxygens (including phenoxy) is 1. The van der Waals surface area contributed by atoms with Gasteiger partial charge >= 0.3 is 0 Å². The average Bonchev–Trinajstić information content (AvgIpc) is 2.93. The van der Waals surface area contributed by atoms with Crippen LogP contribution >= 0.6 is 27.7 Å². The zero-order valence-electron chi connectivity index (χ0n) is 14.7. The van der Waals surface area contributed by atoms with Gasteiger partial charge in [0.15, 0.2) is 16.8 Å². The summed E-state index contributed by atoms with van der Waals surface area (Å²) < 4.78 is 8.66. The van der Waals surface area contributed by atoms with Gasteiger partial charge in [-0.3, -0.25) is 4.79 Å². The van der Waals surface area contributed by atoms with Gasteiger partial charge in [-0.15, -0.1) is 16.8 Å². The molecule has 0 radical (unpaired) electrons. The minimum atomic E-state index is -0.254. The number of allylic oxidation sites excluding steroid dienone is 1. The van der Waals surface area contributed by atoms with E-state index < -0.39 is 0 Å². The maximum absolute atomic E-state index is 12.3. The van der Waals surface area contributed by atoms with Gasteiger partial charge in [-0.2, -0.15) is 0 Å². The first-order chi connectivity index (χ1) is 11.8. The third kappa shape index (κ3) is 6.09. The Labute approximate surface area is 161 Å². The molecule has 7 heteroatoms. The summed E-state index contributed by atoms with van der Waals surface area (Å²) in [5, 5.41) is 9.10. The van der Waals surface area contributed by atoms with Gasteiger partial charge in [0, 0.05) is 16.6 Å². The van der Waals surface area contributed by atoms with Crippen molar-refractivity contribution in [3.05, 3.63) is 52.8 Å². The number of hydrogen-bond donors (Lipinski definition) is 0. The number of hydrogen-bond acceptors (Lipinski definition) is 5. The van der Waals surface area contributed by atoms with E-state index in [1.165, 1.54) is 11.8 Å². The lowest BCUT2D eigenvalue weighted by molar-refractivity contribution is -0.0194. The van der Waals surface area contributed by atoms with Crippen LogP contribution < -0.4 is 0 Å². The van der Waals surface area contributed by atoms with Crippen molar-refractivity contribution in [2.45, 2.75) is 44.7 Å². The summed E-state index contributed by atoms with van der Waals surface area (Å²) in [6, 6.07) is 7.34. The molecule has 0 unspecified atom stereocenters. The molecule has 2 rings (SSSR count). The highest BCUT2D eigenvalue weighted by Gasteiger charge is 2.17. The lowest BCUT2D eigenvalue weighted by atomic mass is 10.2. The van der Waals surface area contributed by atoms with Crippen molar-refractivity contribution >= 4 is 33.5 Å². The Hall–Kier alpha value is -1.44. The fraction of sp³-hybridized carbons (Fsp3) is 0.389. The molecule has 0 atom stereocenters. The Bertz CT molecular complexity index is 736. The van der Waals surface area contributed by atoms with Gasteiger partial charge in [0.05, 0.1) is 11.4 Å². The fourth-order valence-electron chi connectivity index (χ4n) is 1.98. The van der Waals surface area contributed by atoms with Crippen LogP contribution in [-0.2, 0) is 17.9 Å². The standard InChI is InChI=1S/C18H22BrN3O2S/c1-5-10-22-16(11-24-18(2,3)4)20-21-17(22)25-12-15(23)13-6-8-14(19)9-7-13/h5-9H,1,10-12H2,2-4H3. The molecule has 0 aliphatic heterocycles. The third-order valence-corrected chi connectivity index (χ3v) is 4.73. The smallest absolute Gasteiger partial charge is 0.192 e. The Kier molecular flexibility index (Phi) is 6.98. The normalized spacial score (nSPS) is 11.5. The monoisotopic (exact) mass is 423 g/mol. The highest BCUT2D eigenvalue weighted by atomic mass is 79.9. The molecule has 0 aliphatic rings. The summed E-state index contributed by atoms with van der Waals surface area (Å²) in [5.74, 6) is 1.09. The molecule has 0 fully saturated rings. The molecule has 1 heterocycles. The zero-order valence-corrected chi connectivity index (χ0v) is 17.1. The molecule has 5 nitrogen and oxygen atoms in total. The highest BCUT2D eigenvalue weighted by molar-refractivity contribution is 9.10. The van der Waals surface area contributed by atoms with E-state index in [9.17, 15) is 4.79 Å². The maximum Gasteiger partial charge on any atom is 0.192 e. The number of nitrogens with zero attached hydrogens (tertiary/aromatic N) is 3. The largest absolute Gasteiger partial charge is 0.368 e. The second-order valence-electron chi connectivity index (χ2n) is 6.42. The number of aromatic nitrogens is 3. The number of carbonyl (C=O) groups excluding carboxylic acids is 1. The molecule has 0 saturated carbocycles. The van der Waals surface area contributed by atoms with E-state index >= 15 is 0 Å². The first-order valence-electron chi connectivity index (χ1n) is 7.88. The van der Waals surface area contributed by atoms with Crippen LogP contribution in [0.1, 0.15) is 37.0 Å². The van der Waals surface area contributed by atoms with Crippen LogP contribution in [0.25, 0.3) is 0 Å². The Morgan fingerprint density at radius 2 is 2.00 bits per heavy atom. The maximum atomic E-state index is 12.3. The quantitative estimate of drug-likeness (QED) is 0.354.